The predicted octanol–water partition coefficient (Wildman–Crippen LogP) is 4.02. The molecule has 0 saturated carbocycles. The van der Waals surface area contributed by atoms with Gasteiger partial charge in [-0.1, -0.05) is 13.0 Å². The summed E-state index contributed by atoms with van der Waals surface area (Å²) in [5, 5.41) is 5.88. The number of nitrogens with zero attached hydrogens (tertiary/aromatic N) is 2. The van der Waals surface area contributed by atoms with Gasteiger partial charge in [0, 0.05) is 12.1 Å². The second-order valence-corrected chi connectivity index (χ2v) is 4.86. The molecule has 2 N–H and O–H groups in total. The van der Waals surface area contributed by atoms with Gasteiger partial charge in [-0.25, -0.2) is 18.7 Å². The van der Waals surface area contributed by atoms with Crippen molar-refractivity contribution in [2.45, 2.75) is 33.2 Å². The molecule has 0 fully saturated rings. The van der Waals surface area contributed by atoms with Crippen LogP contribution in [-0.4, -0.2) is 16.0 Å². The van der Waals surface area contributed by atoms with Crippen molar-refractivity contribution in [3.05, 3.63) is 41.7 Å². The Kier molecular flexibility index (Phi) is 4.67. The van der Waals surface area contributed by atoms with Crippen molar-refractivity contribution in [2.75, 3.05) is 10.6 Å². The van der Waals surface area contributed by atoms with Gasteiger partial charge in [0.15, 0.2) is 0 Å². The molecule has 6 heteroatoms. The summed E-state index contributed by atoms with van der Waals surface area (Å²) in [5.74, 6) is 0.154. The molecule has 21 heavy (non-hydrogen) atoms. The molecule has 0 spiro atoms. The third kappa shape index (κ3) is 3.87. The predicted molar refractivity (Wildman–Crippen MR) is 79.8 cm³/mol. The first-order chi connectivity index (χ1) is 9.99. The van der Waals surface area contributed by atoms with E-state index in [1.807, 2.05) is 6.92 Å². The van der Waals surface area contributed by atoms with Gasteiger partial charge in [-0.3, -0.25) is 0 Å². The Morgan fingerprint density at radius 2 is 1.76 bits per heavy atom. The molecule has 0 saturated heterocycles. The molecule has 1 unspecified atom stereocenters. The first-order valence-corrected chi connectivity index (χ1v) is 6.83. The lowest BCUT2D eigenvalue weighted by molar-refractivity contribution is 0.590. The van der Waals surface area contributed by atoms with Crippen molar-refractivity contribution in [1.29, 1.82) is 0 Å². The second kappa shape index (κ2) is 6.47. The van der Waals surface area contributed by atoms with Gasteiger partial charge in [-0.15, -0.1) is 0 Å². The largest absolute Gasteiger partial charge is 0.367 e. The number of hydrogen-bond acceptors (Lipinski definition) is 4. The van der Waals surface area contributed by atoms with Crippen LogP contribution in [0.2, 0.25) is 0 Å². The average molecular weight is 292 g/mol. The summed E-state index contributed by atoms with van der Waals surface area (Å²) in [4.78, 5) is 8.41. The molecule has 4 nitrogen and oxygen atoms in total. The fraction of sp³-hybridized carbons (Fsp3) is 0.333. The normalized spacial score (nSPS) is 12.0. The summed E-state index contributed by atoms with van der Waals surface area (Å²) in [6, 6.07) is 5.58. The molecule has 0 aliphatic heterocycles. The summed E-state index contributed by atoms with van der Waals surface area (Å²) in [6.45, 7) is 5.81. The van der Waals surface area contributed by atoms with Crippen molar-refractivity contribution in [3.8, 4) is 0 Å². The number of rotatable bonds is 5. The zero-order valence-corrected chi connectivity index (χ0v) is 12.2. The summed E-state index contributed by atoms with van der Waals surface area (Å²) in [7, 11) is 0. The van der Waals surface area contributed by atoms with Gasteiger partial charge in [-0.05, 0) is 32.4 Å². The molecular weight excluding hydrogens is 274 g/mol. The molecule has 0 radical (unpaired) electrons. The van der Waals surface area contributed by atoms with E-state index >= 15 is 0 Å². The van der Waals surface area contributed by atoms with E-state index in [4.69, 9.17) is 0 Å². The van der Waals surface area contributed by atoms with Crippen molar-refractivity contribution in [1.82, 2.24) is 9.97 Å². The highest BCUT2D eigenvalue weighted by atomic mass is 19.1. The summed E-state index contributed by atoms with van der Waals surface area (Å²) in [6.07, 6.45) is 0.938. The van der Waals surface area contributed by atoms with Crippen LogP contribution in [0.5, 0.6) is 0 Å². The quantitative estimate of drug-likeness (QED) is 0.874. The Morgan fingerprint density at radius 1 is 1.14 bits per heavy atom. The third-order valence-corrected chi connectivity index (χ3v) is 3.06. The molecule has 0 bridgehead atoms. The van der Waals surface area contributed by atoms with Crippen LogP contribution in [0.1, 0.15) is 26.1 Å². The van der Waals surface area contributed by atoms with Crippen molar-refractivity contribution in [2.24, 2.45) is 0 Å². The molecular formula is C15H18F2N4. The summed E-state index contributed by atoms with van der Waals surface area (Å²) >= 11 is 0. The van der Waals surface area contributed by atoms with E-state index in [1.54, 1.807) is 13.0 Å². The number of anilines is 3. The van der Waals surface area contributed by atoms with E-state index in [2.05, 4.69) is 27.5 Å². The molecule has 2 aromatic rings. The Bertz CT molecular complexity index is 611. The van der Waals surface area contributed by atoms with Gasteiger partial charge >= 0.3 is 0 Å². The van der Waals surface area contributed by atoms with Gasteiger partial charge in [0.05, 0.1) is 0 Å². The van der Waals surface area contributed by atoms with Crippen LogP contribution in [0.3, 0.4) is 0 Å². The monoisotopic (exact) mass is 292 g/mol. The molecule has 1 aromatic carbocycles. The number of benzene rings is 1. The molecule has 1 heterocycles. The second-order valence-electron chi connectivity index (χ2n) is 4.86. The number of aryl methyl sites for hydroxylation is 1. The summed E-state index contributed by atoms with van der Waals surface area (Å²) in [5.41, 5.74) is -0.218. The maximum atomic E-state index is 13.6. The Hall–Kier alpha value is -2.24. The Morgan fingerprint density at radius 3 is 2.38 bits per heavy atom. The fourth-order valence-electron chi connectivity index (χ4n) is 1.81. The van der Waals surface area contributed by atoms with Gasteiger partial charge < -0.3 is 10.6 Å². The zero-order chi connectivity index (χ0) is 15.4. The van der Waals surface area contributed by atoms with Crippen molar-refractivity contribution in [3.63, 3.8) is 0 Å². The molecule has 2 rings (SSSR count). The maximum absolute atomic E-state index is 13.6. The Labute approximate surface area is 122 Å². The van der Waals surface area contributed by atoms with E-state index in [0.717, 1.165) is 6.42 Å². The summed E-state index contributed by atoms with van der Waals surface area (Å²) < 4.78 is 27.3. The number of para-hydroxylation sites is 1. The minimum Gasteiger partial charge on any atom is -0.367 e. The third-order valence-electron chi connectivity index (χ3n) is 3.06. The number of hydrogen-bond donors (Lipinski definition) is 2. The highest BCUT2D eigenvalue weighted by Gasteiger charge is 2.11. The van der Waals surface area contributed by atoms with Crippen molar-refractivity contribution >= 4 is 17.3 Å². The lowest BCUT2D eigenvalue weighted by atomic mass is 10.2. The fourth-order valence-corrected chi connectivity index (χ4v) is 1.81. The lowest BCUT2D eigenvalue weighted by Crippen LogP contribution is -2.15. The average Bonchev–Trinajstić information content (AvgIpc) is 2.42. The van der Waals surface area contributed by atoms with Crippen LogP contribution >= 0.6 is 0 Å². The van der Waals surface area contributed by atoms with Gasteiger partial charge in [0.2, 0.25) is 0 Å². The SMILES string of the molecule is CCC(C)Nc1cc(Nc2c(F)cccc2F)nc(C)n1. The maximum Gasteiger partial charge on any atom is 0.149 e. The van der Waals surface area contributed by atoms with Crippen LogP contribution in [-0.2, 0) is 0 Å². The molecule has 1 atom stereocenters. The minimum absolute atomic E-state index is 0.218. The smallest absolute Gasteiger partial charge is 0.149 e. The molecule has 112 valence electrons. The highest BCUT2D eigenvalue weighted by Crippen LogP contribution is 2.23. The standard InChI is InChI=1S/C15H18F2N4/c1-4-9(2)18-13-8-14(20-10(3)19-13)21-15-11(16)6-5-7-12(15)17/h5-9H,4H2,1-3H3,(H2,18,19,20,21). The van der Waals surface area contributed by atoms with E-state index in [-0.39, 0.29) is 11.7 Å². The molecule has 0 amide bonds. The van der Waals surface area contributed by atoms with Crippen LogP contribution in [0.25, 0.3) is 0 Å². The van der Waals surface area contributed by atoms with Crippen LogP contribution in [0.4, 0.5) is 26.1 Å². The topological polar surface area (TPSA) is 49.8 Å². The number of aromatic nitrogens is 2. The lowest BCUT2D eigenvalue weighted by Gasteiger charge is -2.14. The van der Waals surface area contributed by atoms with Crippen LogP contribution in [0.15, 0.2) is 24.3 Å². The van der Waals surface area contributed by atoms with E-state index in [1.165, 1.54) is 18.2 Å². The van der Waals surface area contributed by atoms with Crippen LogP contribution in [0, 0.1) is 18.6 Å². The van der Waals surface area contributed by atoms with E-state index in [9.17, 15) is 8.78 Å². The van der Waals surface area contributed by atoms with Gasteiger partial charge in [0.1, 0.15) is 34.8 Å². The van der Waals surface area contributed by atoms with Gasteiger partial charge in [0.25, 0.3) is 0 Å². The van der Waals surface area contributed by atoms with E-state index in [0.29, 0.717) is 17.5 Å². The molecule has 0 aliphatic rings. The molecule has 0 aliphatic carbocycles. The number of halogens is 2. The van der Waals surface area contributed by atoms with Crippen molar-refractivity contribution < 1.29 is 8.78 Å². The highest BCUT2D eigenvalue weighted by molar-refractivity contribution is 5.60. The Balaban J connectivity index is 2.28. The number of nitrogens with one attached hydrogen (secondary N) is 2. The minimum atomic E-state index is -0.664. The van der Waals surface area contributed by atoms with Gasteiger partial charge in [-0.2, -0.15) is 0 Å². The zero-order valence-electron chi connectivity index (χ0n) is 12.2. The first-order valence-electron chi connectivity index (χ1n) is 6.83. The van der Waals surface area contributed by atoms with Crippen LogP contribution < -0.4 is 10.6 Å². The molecule has 1 aromatic heterocycles. The first kappa shape index (κ1) is 15.2. The van der Waals surface area contributed by atoms with E-state index < -0.39 is 11.6 Å².